The van der Waals surface area contributed by atoms with Gasteiger partial charge in [-0.25, -0.2) is 14.4 Å². The maximum Gasteiger partial charge on any atom is 0.274 e. The normalized spacial score (nSPS) is 11.7. The smallest absolute Gasteiger partial charge is 0.274 e. The highest BCUT2D eigenvalue weighted by atomic mass is 35.5. The second-order valence-electron chi connectivity index (χ2n) is 9.57. The largest absolute Gasteiger partial charge is 0.382 e. The zero-order chi connectivity index (χ0) is 27.0. The summed E-state index contributed by atoms with van der Waals surface area (Å²) in [6.07, 6.45) is 4.67. The van der Waals surface area contributed by atoms with E-state index in [1.54, 1.807) is 43.9 Å². The van der Waals surface area contributed by atoms with Crippen LogP contribution in [0.15, 0.2) is 71.9 Å². The maximum atomic E-state index is 15.1. The third-order valence-electron chi connectivity index (χ3n) is 6.33. The van der Waals surface area contributed by atoms with Gasteiger partial charge in [0, 0.05) is 47.5 Å². The van der Waals surface area contributed by atoms with E-state index in [2.05, 4.69) is 20.3 Å². The molecule has 3 heterocycles. The van der Waals surface area contributed by atoms with Gasteiger partial charge in [-0.05, 0) is 61.9 Å². The molecular weight excluding hydrogens is 507 g/mol. The number of nitrogens with zero attached hydrogens (tertiary/aromatic N) is 5. The van der Waals surface area contributed by atoms with Crippen molar-refractivity contribution in [3.8, 4) is 11.1 Å². The van der Waals surface area contributed by atoms with Crippen LogP contribution in [0.25, 0.3) is 22.0 Å². The number of hydrogen-bond donors (Lipinski definition) is 2. The van der Waals surface area contributed by atoms with E-state index in [0.29, 0.717) is 22.6 Å². The van der Waals surface area contributed by atoms with Gasteiger partial charge in [-0.1, -0.05) is 17.7 Å². The molecule has 0 amide bonds. The van der Waals surface area contributed by atoms with Gasteiger partial charge in [0.15, 0.2) is 5.82 Å². The Balaban J connectivity index is 1.51. The van der Waals surface area contributed by atoms with Crippen LogP contribution in [0.5, 0.6) is 0 Å². The molecule has 8 nitrogen and oxygen atoms in total. The highest BCUT2D eigenvalue weighted by Crippen LogP contribution is 2.29. The monoisotopic (exact) mass is 532 g/mol. The van der Waals surface area contributed by atoms with E-state index >= 15 is 4.39 Å². The summed E-state index contributed by atoms with van der Waals surface area (Å²) in [5.41, 5.74) is 2.22. The van der Waals surface area contributed by atoms with Crippen LogP contribution in [0.3, 0.4) is 0 Å². The highest BCUT2D eigenvalue weighted by Gasteiger charge is 2.21. The van der Waals surface area contributed by atoms with Gasteiger partial charge in [-0.2, -0.15) is 0 Å². The molecule has 0 aliphatic carbocycles. The van der Waals surface area contributed by atoms with Crippen molar-refractivity contribution in [3.63, 3.8) is 0 Å². The van der Waals surface area contributed by atoms with Gasteiger partial charge in [-0.3, -0.25) is 19.1 Å². The first kappa shape index (κ1) is 25.6. The number of halogens is 2. The van der Waals surface area contributed by atoms with Gasteiger partial charge >= 0.3 is 0 Å². The van der Waals surface area contributed by atoms with Crippen LogP contribution in [0.2, 0.25) is 5.02 Å². The van der Waals surface area contributed by atoms with Crippen LogP contribution in [-0.4, -0.2) is 29.4 Å². The molecular formula is C28H26ClFN6O2. The summed E-state index contributed by atoms with van der Waals surface area (Å²) in [6, 6.07) is 14.2. The molecule has 0 fully saturated rings. The standard InChI is InChI=1S/C28H26ClFN6O2/c1-28(2,38)27-33-13-18(14-34-27)21-12-25-22(11-24(21)30)26(37)35(3)36(25)16-17-10-19(7-8-23(17)29)32-15-20-6-4-5-9-31-20/h4-14,32,38H,15-16H2,1-3H3. The molecule has 0 saturated heterocycles. The fraction of sp³-hybridized carbons (Fsp3) is 0.214. The lowest BCUT2D eigenvalue weighted by atomic mass is 10.1. The van der Waals surface area contributed by atoms with Crippen LogP contribution in [-0.2, 0) is 25.7 Å². The molecule has 5 aromatic rings. The predicted octanol–water partition coefficient (Wildman–Crippen LogP) is 4.87. The second-order valence-corrected chi connectivity index (χ2v) is 9.98. The molecule has 38 heavy (non-hydrogen) atoms. The van der Waals surface area contributed by atoms with Gasteiger partial charge < -0.3 is 10.4 Å². The summed E-state index contributed by atoms with van der Waals surface area (Å²) in [6.45, 7) is 3.98. The van der Waals surface area contributed by atoms with Gasteiger partial charge in [0.1, 0.15) is 11.4 Å². The molecule has 0 unspecified atom stereocenters. The molecule has 0 saturated carbocycles. The fourth-order valence-corrected chi connectivity index (χ4v) is 4.43. The van der Waals surface area contributed by atoms with Crippen molar-refractivity contribution in [1.82, 2.24) is 24.3 Å². The zero-order valence-electron chi connectivity index (χ0n) is 21.1. The number of aromatic nitrogens is 5. The lowest BCUT2D eigenvalue weighted by Crippen LogP contribution is -2.19. The molecule has 3 aromatic heterocycles. The molecule has 0 aliphatic heterocycles. The van der Waals surface area contributed by atoms with Crippen molar-refractivity contribution >= 4 is 28.2 Å². The third-order valence-corrected chi connectivity index (χ3v) is 6.69. The van der Waals surface area contributed by atoms with E-state index < -0.39 is 11.4 Å². The SMILES string of the molecule is Cn1c(=O)c2cc(F)c(-c3cnc(C(C)(C)O)nc3)cc2n1Cc1cc(NCc2ccccn2)ccc1Cl. The van der Waals surface area contributed by atoms with Crippen molar-refractivity contribution in [2.75, 3.05) is 5.32 Å². The number of benzene rings is 2. The van der Waals surface area contributed by atoms with Gasteiger partial charge in [0.25, 0.3) is 5.56 Å². The molecule has 194 valence electrons. The van der Waals surface area contributed by atoms with Crippen molar-refractivity contribution < 1.29 is 9.50 Å². The van der Waals surface area contributed by atoms with E-state index in [4.69, 9.17) is 11.6 Å². The average Bonchev–Trinajstić information content (AvgIpc) is 3.12. The molecule has 0 spiro atoms. The first-order valence-corrected chi connectivity index (χ1v) is 12.4. The zero-order valence-corrected chi connectivity index (χ0v) is 21.9. The Hall–Kier alpha value is -4.08. The van der Waals surface area contributed by atoms with Crippen molar-refractivity contribution in [2.45, 2.75) is 32.5 Å². The number of nitrogens with one attached hydrogen (secondary N) is 1. The Kier molecular flexibility index (Phi) is 6.73. The summed E-state index contributed by atoms with van der Waals surface area (Å²) in [7, 11) is 1.64. The molecule has 0 bridgehead atoms. The number of aliphatic hydroxyl groups is 1. The molecule has 0 radical (unpaired) electrons. The molecule has 2 N–H and O–H groups in total. The van der Waals surface area contributed by atoms with E-state index in [1.165, 1.54) is 23.1 Å². The van der Waals surface area contributed by atoms with Crippen molar-refractivity contribution in [1.29, 1.82) is 0 Å². The molecule has 2 aromatic carbocycles. The summed E-state index contributed by atoms with van der Waals surface area (Å²) in [4.78, 5) is 25.7. The van der Waals surface area contributed by atoms with Crippen LogP contribution in [0.4, 0.5) is 10.1 Å². The summed E-state index contributed by atoms with van der Waals surface area (Å²) < 4.78 is 18.3. The first-order chi connectivity index (χ1) is 18.1. The quantitative estimate of drug-likeness (QED) is 0.310. The summed E-state index contributed by atoms with van der Waals surface area (Å²) in [5.74, 6) is -0.337. The third kappa shape index (κ3) is 5.03. The molecule has 0 atom stereocenters. The number of rotatable bonds is 7. The second kappa shape index (κ2) is 10.00. The molecule has 5 rings (SSSR count). The topological polar surface area (TPSA) is 97.9 Å². The number of pyridine rings is 1. The van der Waals surface area contributed by atoms with Crippen molar-refractivity contribution in [2.24, 2.45) is 7.05 Å². The Morgan fingerprint density at radius 2 is 1.84 bits per heavy atom. The van der Waals surface area contributed by atoms with Crippen molar-refractivity contribution in [3.05, 3.63) is 105 Å². The average molecular weight is 533 g/mol. The summed E-state index contributed by atoms with van der Waals surface area (Å²) >= 11 is 6.54. The fourth-order valence-electron chi connectivity index (χ4n) is 4.25. The summed E-state index contributed by atoms with van der Waals surface area (Å²) in [5, 5.41) is 14.3. The highest BCUT2D eigenvalue weighted by molar-refractivity contribution is 6.31. The minimum Gasteiger partial charge on any atom is -0.382 e. The first-order valence-electron chi connectivity index (χ1n) is 12.0. The predicted molar refractivity (Wildman–Crippen MR) is 146 cm³/mol. The van der Waals surface area contributed by atoms with Gasteiger partial charge in [-0.15, -0.1) is 0 Å². The molecule has 10 heteroatoms. The Labute approximate surface area is 223 Å². The number of hydrogen-bond acceptors (Lipinski definition) is 6. The Morgan fingerprint density at radius 3 is 2.53 bits per heavy atom. The lowest BCUT2D eigenvalue weighted by Gasteiger charge is -2.15. The number of fused-ring (bicyclic) bond motifs is 1. The van der Waals surface area contributed by atoms with Gasteiger partial charge in [0.05, 0.1) is 29.7 Å². The minimum absolute atomic E-state index is 0.227. The van der Waals surface area contributed by atoms with E-state index in [1.807, 2.05) is 30.3 Å². The van der Waals surface area contributed by atoms with E-state index in [-0.39, 0.29) is 28.9 Å². The van der Waals surface area contributed by atoms with Gasteiger partial charge in [0.2, 0.25) is 0 Å². The van der Waals surface area contributed by atoms with E-state index in [9.17, 15) is 9.90 Å². The molecule has 0 aliphatic rings. The minimum atomic E-state index is -1.22. The lowest BCUT2D eigenvalue weighted by molar-refractivity contribution is 0.0687. The Bertz CT molecular complexity index is 1670. The van der Waals surface area contributed by atoms with Crippen LogP contribution >= 0.6 is 11.6 Å². The number of anilines is 1. The Morgan fingerprint density at radius 1 is 1.08 bits per heavy atom. The van der Waals surface area contributed by atoms with E-state index in [0.717, 1.165) is 16.9 Å². The van der Waals surface area contributed by atoms with Crippen LogP contribution in [0.1, 0.15) is 30.9 Å². The van der Waals surface area contributed by atoms with Crippen LogP contribution < -0.4 is 10.9 Å². The maximum absolute atomic E-state index is 15.1. The van der Waals surface area contributed by atoms with Crippen LogP contribution in [0, 0.1) is 5.82 Å².